The molecule has 1 aromatic rings. The zero-order chi connectivity index (χ0) is 16.7. The van der Waals surface area contributed by atoms with Crippen molar-refractivity contribution in [2.24, 2.45) is 0 Å². The molecule has 1 unspecified atom stereocenters. The molecule has 0 aliphatic carbocycles. The molecule has 1 heterocycles. The maximum Gasteiger partial charge on any atom is 0.317 e. The van der Waals surface area contributed by atoms with E-state index in [1.807, 2.05) is 11.9 Å². The maximum atomic E-state index is 13.5. The Labute approximate surface area is 148 Å². The summed E-state index contributed by atoms with van der Waals surface area (Å²) < 4.78 is 19.0. The topological polar surface area (TPSA) is 53.0 Å². The Kier molecular flexibility index (Phi) is 9.03. The molecule has 1 atom stereocenters. The van der Waals surface area contributed by atoms with Crippen LogP contribution >= 0.6 is 12.4 Å². The third-order valence-corrected chi connectivity index (χ3v) is 4.30. The van der Waals surface area contributed by atoms with Crippen molar-refractivity contribution in [3.63, 3.8) is 0 Å². The van der Waals surface area contributed by atoms with Crippen LogP contribution in [0, 0.1) is 5.82 Å². The summed E-state index contributed by atoms with van der Waals surface area (Å²) in [6, 6.07) is 6.74. The van der Waals surface area contributed by atoms with Gasteiger partial charge in [-0.15, -0.1) is 12.4 Å². The fourth-order valence-corrected chi connectivity index (χ4v) is 2.99. The van der Waals surface area contributed by atoms with Crippen molar-refractivity contribution in [3.8, 4) is 5.75 Å². The molecule has 5 nitrogen and oxygen atoms in total. The van der Waals surface area contributed by atoms with Crippen LogP contribution in [0.5, 0.6) is 5.75 Å². The molecule has 136 valence electrons. The normalized spacial score (nSPS) is 18.7. The average Bonchev–Trinajstić information content (AvgIpc) is 2.74. The van der Waals surface area contributed by atoms with E-state index < -0.39 is 5.97 Å². The zero-order valence-corrected chi connectivity index (χ0v) is 14.8. The van der Waals surface area contributed by atoms with E-state index in [1.165, 1.54) is 6.07 Å². The number of carboxylic acids is 1. The van der Waals surface area contributed by atoms with Gasteiger partial charge in [0.05, 0.1) is 6.54 Å². The van der Waals surface area contributed by atoms with Crippen LogP contribution in [0.15, 0.2) is 24.3 Å². The number of likely N-dealkylation sites (tertiary alicyclic amines) is 1. The summed E-state index contributed by atoms with van der Waals surface area (Å²) in [4.78, 5) is 15.0. The Balaban J connectivity index is 0.00000288. The number of para-hydroxylation sites is 1. The van der Waals surface area contributed by atoms with Gasteiger partial charge in [-0.2, -0.15) is 0 Å². The first-order chi connectivity index (χ1) is 11.1. The van der Waals surface area contributed by atoms with Gasteiger partial charge in [-0.05, 0) is 51.5 Å². The SMILES string of the molecule is CN(CC(=O)O)C1CCCN(CCOc2ccccc2F)CC1.Cl. The lowest BCUT2D eigenvalue weighted by Crippen LogP contribution is -2.37. The quantitative estimate of drug-likeness (QED) is 0.809. The van der Waals surface area contributed by atoms with Crippen LogP contribution in [0.3, 0.4) is 0 Å². The molecule has 0 spiro atoms. The Morgan fingerprint density at radius 3 is 2.83 bits per heavy atom. The highest BCUT2D eigenvalue weighted by molar-refractivity contribution is 5.85. The van der Waals surface area contributed by atoms with Crippen LogP contribution in [0.4, 0.5) is 4.39 Å². The number of halogens is 2. The molecule has 2 rings (SSSR count). The number of carboxylic acid groups (broad SMARTS) is 1. The maximum absolute atomic E-state index is 13.5. The van der Waals surface area contributed by atoms with Gasteiger partial charge in [0.25, 0.3) is 0 Å². The molecule has 0 amide bonds. The summed E-state index contributed by atoms with van der Waals surface area (Å²) in [5.41, 5.74) is 0. The van der Waals surface area contributed by atoms with E-state index in [0.29, 0.717) is 18.4 Å². The van der Waals surface area contributed by atoms with Gasteiger partial charge >= 0.3 is 5.97 Å². The highest BCUT2D eigenvalue weighted by atomic mass is 35.5. The number of hydrogen-bond donors (Lipinski definition) is 1. The first-order valence-electron chi connectivity index (χ1n) is 8.08. The van der Waals surface area contributed by atoms with E-state index in [1.54, 1.807) is 18.2 Å². The van der Waals surface area contributed by atoms with E-state index in [4.69, 9.17) is 9.84 Å². The van der Waals surface area contributed by atoms with Crippen LogP contribution in [-0.4, -0.2) is 66.8 Å². The minimum atomic E-state index is -0.785. The van der Waals surface area contributed by atoms with Crippen LogP contribution in [0.2, 0.25) is 0 Å². The number of carbonyl (C=O) groups is 1. The lowest BCUT2D eigenvalue weighted by molar-refractivity contribution is -0.138. The number of likely N-dealkylation sites (N-methyl/N-ethyl adjacent to an activating group) is 1. The minimum Gasteiger partial charge on any atom is -0.489 e. The van der Waals surface area contributed by atoms with Gasteiger partial charge in [-0.1, -0.05) is 12.1 Å². The number of aliphatic carboxylic acids is 1. The van der Waals surface area contributed by atoms with Crippen molar-refractivity contribution < 1.29 is 19.0 Å². The van der Waals surface area contributed by atoms with Crippen LogP contribution in [0.1, 0.15) is 19.3 Å². The number of ether oxygens (including phenoxy) is 1. The summed E-state index contributed by atoms with van der Waals surface area (Å²) in [5.74, 6) is -0.827. The number of hydrogen-bond acceptors (Lipinski definition) is 4. The molecule has 1 aliphatic rings. The van der Waals surface area contributed by atoms with Crippen LogP contribution in [0.25, 0.3) is 0 Å². The second kappa shape index (κ2) is 10.5. The molecule has 7 heteroatoms. The second-order valence-electron chi connectivity index (χ2n) is 6.01. The van der Waals surface area contributed by atoms with Crippen molar-refractivity contribution in [3.05, 3.63) is 30.1 Å². The van der Waals surface area contributed by atoms with Crippen LogP contribution in [-0.2, 0) is 4.79 Å². The molecule has 0 aromatic heterocycles. The number of nitrogens with zero attached hydrogens (tertiary/aromatic N) is 2. The Morgan fingerprint density at radius 1 is 1.38 bits per heavy atom. The van der Waals surface area contributed by atoms with Crippen molar-refractivity contribution in [1.29, 1.82) is 0 Å². The van der Waals surface area contributed by atoms with Crippen molar-refractivity contribution in [2.75, 3.05) is 39.8 Å². The minimum absolute atomic E-state index is 0. The standard InChI is InChI=1S/C17H25FN2O3.ClH/c1-19(13-17(21)22)14-5-4-9-20(10-8-14)11-12-23-16-7-3-2-6-15(16)18;/h2-3,6-7,14H,4-5,8-13H2,1H3,(H,21,22);1H. The highest BCUT2D eigenvalue weighted by Gasteiger charge is 2.21. The second-order valence-corrected chi connectivity index (χ2v) is 6.01. The average molecular weight is 361 g/mol. The molecule has 0 bridgehead atoms. The first-order valence-corrected chi connectivity index (χ1v) is 8.08. The molecule has 1 N–H and O–H groups in total. The van der Waals surface area contributed by atoms with Gasteiger partial charge in [0.1, 0.15) is 6.61 Å². The lowest BCUT2D eigenvalue weighted by atomic mass is 10.1. The predicted octanol–water partition coefficient (Wildman–Crippen LogP) is 2.50. The summed E-state index contributed by atoms with van der Waals surface area (Å²) in [6.07, 6.45) is 2.99. The van der Waals surface area contributed by atoms with Gasteiger partial charge in [-0.3, -0.25) is 14.6 Å². The van der Waals surface area contributed by atoms with E-state index in [2.05, 4.69) is 4.90 Å². The van der Waals surface area contributed by atoms with Gasteiger partial charge < -0.3 is 9.84 Å². The Bertz CT molecular complexity index is 518. The van der Waals surface area contributed by atoms with Gasteiger partial charge in [-0.25, -0.2) is 4.39 Å². The summed E-state index contributed by atoms with van der Waals surface area (Å²) in [7, 11) is 1.87. The highest BCUT2D eigenvalue weighted by Crippen LogP contribution is 2.17. The molecule has 0 saturated carbocycles. The monoisotopic (exact) mass is 360 g/mol. The molecule has 24 heavy (non-hydrogen) atoms. The smallest absolute Gasteiger partial charge is 0.317 e. The fraction of sp³-hybridized carbons (Fsp3) is 0.588. The van der Waals surface area contributed by atoms with Crippen molar-refractivity contribution in [2.45, 2.75) is 25.3 Å². The van der Waals surface area contributed by atoms with Crippen molar-refractivity contribution in [1.82, 2.24) is 9.80 Å². The van der Waals surface area contributed by atoms with Crippen molar-refractivity contribution >= 4 is 18.4 Å². The van der Waals surface area contributed by atoms with Gasteiger partial charge in [0.2, 0.25) is 0 Å². The molecular weight excluding hydrogens is 335 g/mol. The summed E-state index contributed by atoms with van der Waals surface area (Å²) in [6.45, 7) is 3.18. The van der Waals surface area contributed by atoms with E-state index in [-0.39, 0.29) is 24.8 Å². The van der Waals surface area contributed by atoms with E-state index in [9.17, 15) is 9.18 Å². The third kappa shape index (κ3) is 6.63. The van der Waals surface area contributed by atoms with E-state index in [0.717, 1.165) is 38.9 Å². The van der Waals surface area contributed by atoms with Crippen LogP contribution < -0.4 is 4.74 Å². The first kappa shape index (κ1) is 20.7. The van der Waals surface area contributed by atoms with Gasteiger partial charge in [0.15, 0.2) is 11.6 Å². The molecule has 0 radical (unpaired) electrons. The molecule has 1 aliphatic heterocycles. The third-order valence-electron chi connectivity index (χ3n) is 4.30. The zero-order valence-electron chi connectivity index (χ0n) is 14.0. The molecule has 1 aromatic carbocycles. The largest absolute Gasteiger partial charge is 0.489 e. The Hall–Kier alpha value is -1.37. The summed E-state index contributed by atoms with van der Waals surface area (Å²) in [5, 5.41) is 8.88. The van der Waals surface area contributed by atoms with E-state index >= 15 is 0 Å². The number of benzene rings is 1. The lowest BCUT2D eigenvalue weighted by Gasteiger charge is -2.25. The molecule has 1 saturated heterocycles. The number of rotatable bonds is 7. The summed E-state index contributed by atoms with van der Waals surface area (Å²) >= 11 is 0. The molecule has 1 fully saturated rings. The van der Waals surface area contributed by atoms with Gasteiger partial charge in [0, 0.05) is 12.6 Å². The molecular formula is C17H26ClFN2O3. The fourth-order valence-electron chi connectivity index (χ4n) is 2.99. The predicted molar refractivity (Wildman–Crippen MR) is 93.5 cm³/mol. The Morgan fingerprint density at radius 2 is 2.12 bits per heavy atom.